The van der Waals surface area contributed by atoms with Gasteiger partial charge < -0.3 is 10.1 Å². The second-order valence-electron chi connectivity index (χ2n) is 8.49. The van der Waals surface area contributed by atoms with Crippen molar-refractivity contribution in [3.05, 3.63) is 42.6 Å². The minimum Gasteiger partial charge on any atom is -0.462 e. The van der Waals surface area contributed by atoms with Crippen LogP contribution in [0.1, 0.15) is 56.9 Å². The van der Waals surface area contributed by atoms with E-state index in [0.29, 0.717) is 24.6 Å². The molecule has 33 heavy (non-hydrogen) atoms. The van der Waals surface area contributed by atoms with Gasteiger partial charge in [0, 0.05) is 37.6 Å². The highest BCUT2D eigenvalue weighted by molar-refractivity contribution is 5.70. The maximum absolute atomic E-state index is 12.4. The van der Waals surface area contributed by atoms with Gasteiger partial charge in [0.15, 0.2) is 5.82 Å². The Morgan fingerprint density at radius 1 is 1.24 bits per heavy atom. The molecule has 11 heteroatoms. The van der Waals surface area contributed by atoms with Gasteiger partial charge in [-0.15, -0.1) is 0 Å². The Morgan fingerprint density at radius 2 is 2.03 bits per heavy atom. The van der Waals surface area contributed by atoms with Crippen LogP contribution >= 0.6 is 0 Å². The van der Waals surface area contributed by atoms with E-state index in [1.54, 1.807) is 35.5 Å². The topological polar surface area (TPSA) is 94.3 Å². The Balaban J connectivity index is 1.26. The molecule has 8 nitrogen and oxygen atoms in total. The lowest BCUT2D eigenvalue weighted by Gasteiger charge is -2.16. The summed E-state index contributed by atoms with van der Waals surface area (Å²) in [6, 6.07) is 1.83. The molecule has 0 bridgehead atoms. The SMILES string of the molecule is C[C@H](CCC(=O)O[C@H]1CC[C@@H](c2cnc(Nc3nccn4nccc34)nc2)C1)CC(F)(F)F. The summed E-state index contributed by atoms with van der Waals surface area (Å²) >= 11 is 0. The third-order valence-electron chi connectivity index (χ3n) is 5.80. The Hall–Kier alpha value is -3.24. The molecule has 0 amide bonds. The quantitative estimate of drug-likeness (QED) is 0.480. The molecule has 1 aliphatic carbocycles. The predicted molar refractivity (Wildman–Crippen MR) is 114 cm³/mol. The van der Waals surface area contributed by atoms with Crippen molar-refractivity contribution >= 4 is 23.3 Å². The van der Waals surface area contributed by atoms with Crippen LogP contribution in [0.2, 0.25) is 0 Å². The number of aromatic nitrogens is 5. The number of anilines is 2. The summed E-state index contributed by atoms with van der Waals surface area (Å²) in [6.07, 6.45) is 5.58. The first-order valence-electron chi connectivity index (χ1n) is 10.9. The van der Waals surface area contributed by atoms with Crippen LogP contribution in [0.5, 0.6) is 0 Å². The fourth-order valence-corrected chi connectivity index (χ4v) is 4.13. The normalized spacial score (nSPS) is 19.5. The average Bonchev–Trinajstić information content (AvgIpc) is 3.42. The third-order valence-corrected chi connectivity index (χ3v) is 5.80. The van der Waals surface area contributed by atoms with Gasteiger partial charge in [0.2, 0.25) is 5.95 Å². The first kappa shape index (κ1) is 22.9. The summed E-state index contributed by atoms with van der Waals surface area (Å²) < 4.78 is 44.4. The van der Waals surface area contributed by atoms with Gasteiger partial charge in [-0.1, -0.05) is 6.92 Å². The molecule has 3 aromatic heterocycles. The number of nitrogens with one attached hydrogen (secondary N) is 1. The number of hydrogen-bond acceptors (Lipinski definition) is 7. The maximum atomic E-state index is 12.4. The lowest BCUT2D eigenvalue weighted by molar-refractivity contribution is -0.152. The number of nitrogens with zero attached hydrogens (tertiary/aromatic N) is 5. The molecule has 0 saturated heterocycles. The molecule has 4 rings (SSSR count). The van der Waals surface area contributed by atoms with Crippen molar-refractivity contribution in [3.63, 3.8) is 0 Å². The zero-order valence-electron chi connectivity index (χ0n) is 18.1. The van der Waals surface area contributed by atoms with Crippen molar-refractivity contribution in [2.45, 2.75) is 63.6 Å². The number of esters is 1. The first-order valence-corrected chi connectivity index (χ1v) is 10.9. The molecule has 3 aromatic rings. The molecule has 1 fully saturated rings. The van der Waals surface area contributed by atoms with E-state index in [-0.39, 0.29) is 24.9 Å². The zero-order chi connectivity index (χ0) is 23.4. The molecule has 176 valence electrons. The van der Waals surface area contributed by atoms with E-state index in [2.05, 4.69) is 25.4 Å². The predicted octanol–water partition coefficient (Wildman–Crippen LogP) is 4.81. The van der Waals surface area contributed by atoms with Crippen LogP contribution < -0.4 is 5.32 Å². The Kier molecular flexibility index (Phi) is 6.75. The highest BCUT2D eigenvalue weighted by Crippen LogP contribution is 2.36. The summed E-state index contributed by atoms with van der Waals surface area (Å²) in [5.41, 5.74) is 1.76. The van der Waals surface area contributed by atoms with Crippen molar-refractivity contribution < 1.29 is 22.7 Å². The molecule has 0 aromatic carbocycles. The summed E-state index contributed by atoms with van der Waals surface area (Å²) in [6.45, 7) is 1.50. The first-order chi connectivity index (χ1) is 15.8. The van der Waals surface area contributed by atoms with Crippen LogP contribution in [0.4, 0.5) is 24.9 Å². The largest absolute Gasteiger partial charge is 0.462 e. The number of hydrogen-bond donors (Lipinski definition) is 1. The van der Waals surface area contributed by atoms with E-state index in [1.165, 1.54) is 6.92 Å². The lowest BCUT2D eigenvalue weighted by atomic mass is 10.0. The Labute approximate surface area is 188 Å². The second-order valence-corrected chi connectivity index (χ2v) is 8.49. The number of alkyl halides is 3. The van der Waals surface area contributed by atoms with Gasteiger partial charge in [-0.25, -0.2) is 19.5 Å². The molecule has 1 saturated carbocycles. The molecule has 1 N–H and O–H groups in total. The summed E-state index contributed by atoms with van der Waals surface area (Å²) in [5.74, 6) is 0.133. The fraction of sp³-hybridized carbons (Fsp3) is 0.500. The van der Waals surface area contributed by atoms with E-state index in [0.717, 1.165) is 17.5 Å². The lowest BCUT2D eigenvalue weighted by Crippen LogP contribution is -2.17. The second kappa shape index (κ2) is 9.72. The summed E-state index contributed by atoms with van der Waals surface area (Å²) in [7, 11) is 0. The molecule has 0 spiro atoms. The number of carbonyl (C=O) groups excluding carboxylic acids is 1. The van der Waals surface area contributed by atoms with Crippen molar-refractivity contribution in [3.8, 4) is 0 Å². The van der Waals surface area contributed by atoms with Crippen LogP contribution in [-0.4, -0.2) is 42.8 Å². The van der Waals surface area contributed by atoms with Gasteiger partial charge in [-0.05, 0) is 49.1 Å². The third kappa shape index (κ3) is 6.17. The van der Waals surface area contributed by atoms with Gasteiger partial charge in [0.05, 0.1) is 6.20 Å². The molecule has 3 heterocycles. The standard InChI is InChI=1S/C22H25F3N6O2/c1-14(11-22(23,24)25)2-5-19(32)33-17-4-3-15(10-17)16-12-27-21(28-13-16)30-20-18-6-7-29-31(18)9-8-26-20/h6-9,12-15,17H,2-5,10-11H2,1H3,(H,26,27,28,30)/t14-,15-,17+/m1/s1. The summed E-state index contributed by atoms with van der Waals surface area (Å²) in [4.78, 5) is 25.1. The van der Waals surface area contributed by atoms with Gasteiger partial charge in [0.1, 0.15) is 11.6 Å². The number of halogens is 3. The van der Waals surface area contributed by atoms with Crippen LogP contribution in [-0.2, 0) is 9.53 Å². The van der Waals surface area contributed by atoms with Crippen molar-refractivity contribution in [2.75, 3.05) is 5.32 Å². The van der Waals surface area contributed by atoms with Crippen LogP contribution in [0, 0.1) is 5.92 Å². The summed E-state index contributed by atoms with van der Waals surface area (Å²) in [5, 5.41) is 7.25. The Morgan fingerprint density at radius 3 is 2.79 bits per heavy atom. The van der Waals surface area contributed by atoms with E-state index < -0.39 is 24.5 Å². The smallest absolute Gasteiger partial charge is 0.389 e. The number of fused-ring (bicyclic) bond motifs is 1. The molecule has 1 aliphatic rings. The van der Waals surface area contributed by atoms with E-state index in [4.69, 9.17) is 4.74 Å². The fourth-order valence-electron chi connectivity index (χ4n) is 4.13. The maximum Gasteiger partial charge on any atom is 0.389 e. The van der Waals surface area contributed by atoms with Crippen molar-refractivity contribution in [2.24, 2.45) is 5.92 Å². The van der Waals surface area contributed by atoms with E-state index in [1.807, 2.05) is 6.07 Å². The van der Waals surface area contributed by atoms with Gasteiger partial charge in [-0.2, -0.15) is 18.3 Å². The van der Waals surface area contributed by atoms with Gasteiger partial charge in [0.25, 0.3) is 0 Å². The van der Waals surface area contributed by atoms with Crippen LogP contribution in [0.15, 0.2) is 37.1 Å². The average molecular weight is 462 g/mol. The number of carbonyl (C=O) groups is 1. The van der Waals surface area contributed by atoms with E-state index in [9.17, 15) is 18.0 Å². The molecule has 0 aliphatic heterocycles. The highest BCUT2D eigenvalue weighted by atomic mass is 19.4. The highest BCUT2D eigenvalue weighted by Gasteiger charge is 2.31. The monoisotopic (exact) mass is 462 g/mol. The number of rotatable bonds is 8. The van der Waals surface area contributed by atoms with Crippen molar-refractivity contribution in [1.29, 1.82) is 0 Å². The molecule has 0 unspecified atom stereocenters. The minimum absolute atomic E-state index is 0.000130. The van der Waals surface area contributed by atoms with Crippen LogP contribution in [0.25, 0.3) is 5.52 Å². The van der Waals surface area contributed by atoms with Crippen LogP contribution in [0.3, 0.4) is 0 Å². The molecule has 0 radical (unpaired) electrons. The van der Waals surface area contributed by atoms with E-state index >= 15 is 0 Å². The molecular weight excluding hydrogens is 437 g/mol. The van der Waals surface area contributed by atoms with Gasteiger partial charge >= 0.3 is 12.1 Å². The minimum atomic E-state index is -4.21. The van der Waals surface area contributed by atoms with Gasteiger partial charge in [-0.3, -0.25) is 4.79 Å². The van der Waals surface area contributed by atoms with Crippen molar-refractivity contribution in [1.82, 2.24) is 24.6 Å². The number of ether oxygens (including phenoxy) is 1. The zero-order valence-corrected chi connectivity index (χ0v) is 18.1. The molecular formula is C22H25F3N6O2. The Bertz CT molecular complexity index is 1090. The molecule has 3 atom stereocenters.